The molecule has 7 N–H and O–H groups in total. The number of aromatic amines is 1. The van der Waals surface area contributed by atoms with Crippen LogP contribution in [0.25, 0.3) is 28.0 Å². The van der Waals surface area contributed by atoms with Crippen molar-refractivity contribution < 1.29 is 13.2 Å². The number of likely N-dealkylation sites (tertiary alicyclic amines) is 1. The van der Waals surface area contributed by atoms with Gasteiger partial charge >= 0.3 is 5.69 Å². The van der Waals surface area contributed by atoms with Crippen LogP contribution in [0, 0.1) is 23.0 Å². The number of hydrogen-bond acceptors (Lipinski definition) is 6. The Hall–Kier alpha value is -3.71. The van der Waals surface area contributed by atoms with E-state index in [1.54, 1.807) is 36.5 Å². The maximum atomic E-state index is 16.0. The average Bonchev–Trinajstić information content (AvgIpc) is 3.88. The van der Waals surface area contributed by atoms with Crippen LogP contribution >= 0.6 is 11.6 Å². The summed E-state index contributed by atoms with van der Waals surface area (Å²) < 4.78 is 45.8. The Balaban J connectivity index is 1.23. The van der Waals surface area contributed by atoms with E-state index < -0.39 is 24.0 Å². The molecule has 3 atom stereocenters. The van der Waals surface area contributed by atoms with Crippen LogP contribution in [0.3, 0.4) is 0 Å². The van der Waals surface area contributed by atoms with Gasteiger partial charge in [0, 0.05) is 53.9 Å². The van der Waals surface area contributed by atoms with Gasteiger partial charge in [-0.05, 0) is 106 Å². The fourth-order valence-electron chi connectivity index (χ4n) is 7.37. The van der Waals surface area contributed by atoms with Crippen LogP contribution in [0.2, 0.25) is 5.02 Å². The summed E-state index contributed by atoms with van der Waals surface area (Å²) in [7, 11) is 0. The number of rotatable bonds is 15. The molecule has 13 heteroatoms. The fourth-order valence-corrected chi connectivity index (χ4v) is 7.61. The minimum Gasteiger partial charge on any atom is -0.373 e. The highest BCUT2D eigenvalue weighted by Crippen LogP contribution is 2.38. The van der Waals surface area contributed by atoms with Crippen molar-refractivity contribution in [3.05, 3.63) is 80.9 Å². The van der Waals surface area contributed by atoms with Gasteiger partial charge in [0.2, 0.25) is 0 Å². The van der Waals surface area contributed by atoms with E-state index in [0.29, 0.717) is 54.2 Å². The molecule has 1 saturated carbocycles. The molecule has 1 saturated heterocycles. The van der Waals surface area contributed by atoms with E-state index >= 15 is 8.78 Å². The molecule has 6 rings (SSSR count). The number of benzene rings is 2. The van der Waals surface area contributed by atoms with Crippen LogP contribution in [0.5, 0.6) is 0 Å². The van der Waals surface area contributed by atoms with Crippen LogP contribution in [-0.4, -0.2) is 63.7 Å². The second-order valence-corrected chi connectivity index (χ2v) is 14.1. The molecule has 2 aliphatic rings. The minimum atomic E-state index is -0.616. The first-order valence-electron chi connectivity index (χ1n) is 17.7. The molecule has 2 aromatic heterocycles. The van der Waals surface area contributed by atoms with Crippen molar-refractivity contribution in [1.82, 2.24) is 24.8 Å². The number of fused-ring (bicyclic) bond motifs is 1. The third-order valence-electron chi connectivity index (χ3n) is 10.2. The predicted octanol–water partition coefficient (Wildman–Crippen LogP) is 6.54. The number of halogens is 4. The summed E-state index contributed by atoms with van der Waals surface area (Å²) in [6, 6.07) is 9.89. The van der Waals surface area contributed by atoms with Crippen molar-refractivity contribution in [2.75, 3.05) is 26.3 Å². The third-order valence-corrected chi connectivity index (χ3v) is 10.5. The lowest BCUT2D eigenvalue weighted by atomic mass is 9.88. The molecule has 0 bridgehead atoms. The Morgan fingerprint density at radius 3 is 2.70 bits per heavy atom. The van der Waals surface area contributed by atoms with Gasteiger partial charge < -0.3 is 21.8 Å². The molecule has 3 heterocycles. The van der Waals surface area contributed by atoms with Gasteiger partial charge in [0.05, 0.1) is 29.6 Å². The molecule has 0 unspecified atom stereocenters. The average molecular weight is 711 g/mol. The maximum absolute atomic E-state index is 16.0. The Morgan fingerprint density at radius 1 is 1.14 bits per heavy atom. The van der Waals surface area contributed by atoms with E-state index in [1.807, 2.05) is 0 Å². The normalized spacial score (nSPS) is 18.8. The fraction of sp³-hybridized carbons (Fsp3) is 0.486. The second-order valence-electron chi connectivity index (χ2n) is 13.7. The van der Waals surface area contributed by atoms with Crippen molar-refractivity contribution in [2.24, 2.45) is 17.4 Å². The molecule has 2 aromatic carbocycles. The first kappa shape index (κ1) is 36.1. The quantitative estimate of drug-likeness (QED) is 0.0701. The number of nitrogens with two attached hydrogens (primary N) is 2. The topological polar surface area (TPSA) is 142 Å². The highest BCUT2D eigenvalue weighted by molar-refractivity contribution is 6.31. The van der Waals surface area contributed by atoms with Crippen molar-refractivity contribution >= 4 is 28.5 Å². The van der Waals surface area contributed by atoms with Crippen LogP contribution < -0.4 is 22.5 Å². The van der Waals surface area contributed by atoms with Crippen molar-refractivity contribution in [3.8, 4) is 16.9 Å². The molecule has 50 heavy (non-hydrogen) atoms. The van der Waals surface area contributed by atoms with Gasteiger partial charge in [-0.2, -0.15) is 4.98 Å². The Labute approximate surface area is 295 Å². The van der Waals surface area contributed by atoms with Crippen molar-refractivity contribution in [1.29, 1.82) is 5.41 Å². The van der Waals surface area contributed by atoms with Gasteiger partial charge in [0.15, 0.2) is 5.82 Å². The van der Waals surface area contributed by atoms with E-state index in [4.69, 9.17) is 28.5 Å². The minimum absolute atomic E-state index is 0.0158. The van der Waals surface area contributed by atoms with Gasteiger partial charge in [0.25, 0.3) is 0 Å². The highest BCUT2D eigenvalue weighted by atomic mass is 35.5. The molecule has 268 valence electrons. The summed E-state index contributed by atoms with van der Waals surface area (Å²) in [6.45, 7) is 0.708. The van der Waals surface area contributed by atoms with E-state index in [1.165, 1.54) is 23.5 Å². The molecular formula is C37H46ClF3N8O. The molecule has 1 aliphatic carbocycles. The van der Waals surface area contributed by atoms with Crippen LogP contribution in [0.15, 0.2) is 47.4 Å². The number of alkyl halides is 1. The number of aryl methyl sites for hydroxylation is 1. The molecule has 9 nitrogen and oxygen atoms in total. The van der Waals surface area contributed by atoms with Gasteiger partial charge in [-0.15, -0.1) is 0 Å². The number of amidine groups is 1. The van der Waals surface area contributed by atoms with Crippen molar-refractivity contribution in [3.63, 3.8) is 0 Å². The van der Waals surface area contributed by atoms with Gasteiger partial charge in [-0.25, -0.2) is 13.6 Å². The molecule has 1 aliphatic heterocycles. The SMILES string of the molecule is N=C(CN)NCC[C@@H]1CCC[C@@H](c2ccc(-n3cc4cc(-c5cc(CCC[C@@H](N)C6CC6)cc(Cl)c5F)[nH]c4nc3=O)cc2F)N1CCCF. The summed E-state index contributed by atoms with van der Waals surface area (Å²) >= 11 is 6.31. The molecule has 2 fully saturated rings. The summed E-state index contributed by atoms with van der Waals surface area (Å²) in [5, 5.41) is 11.3. The summed E-state index contributed by atoms with van der Waals surface area (Å²) in [5.74, 6) is -0.152. The van der Waals surface area contributed by atoms with Gasteiger partial charge in [-0.1, -0.05) is 17.7 Å². The van der Waals surface area contributed by atoms with Crippen molar-refractivity contribution in [2.45, 2.75) is 82.3 Å². The Morgan fingerprint density at radius 2 is 1.96 bits per heavy atom. The number of nitrogens with one attached hydrogen (secondary N) is 3. The largest absolute Gasteiger partial charge is 0.373 e. The monoisotopic (exact) mass is 710 g/mol. The summed E-state index contributed by atoms with van der Waals surface area (Å²) in [5.41, 5.74) is 13.9. The number of aromatic nitrogens is 3. The Kier molecular flexibility index (Phi) is 11.6. The summed E-state index contributed by atoms with van der Waals surface area (Å²) in [4.78, 5) is 22.6. The standard InChI is InChI=1S/C37H46ClF3N8O/c38-29-17-22(4-1-6-31(43)23-8-9-23)16-28(35(29)41)32-18-24-21-49(37(50)47-36(24)46-32)26-10-11-27(30(40)19-26)33-7-2-5-25(48(33)15-3-13-39)12-14-45-34(44)20-42/h10-11,16-19,21,23,25,31,33H,1-9,12-15,20,42-43H2,(H2,44,45)(H,46,47,50)/t25-,31+,33-/m0/s1. The predicted molar refractivity (Wildman–Crippen MR) is 193 cm³/mol. The zero-order valence-corrected chi connectivity index (χ0v) is 28.9. The molecule has 0 amide bonds. The number of piperidine rings is 1. The van der Waals surface area contributed by atoms with E-state index in [2.05, 4.69) is 20.2 Å². The lowest BCUT2D eigenvalue weighted by molar-refractivity contribution is 0.0721. The number of nitrogens with zero attached hydrogens (tertiary/aromatic N) is 3. The van der Waals surface area contributed by atoms with E-state index in [-0.39, 0.29) is 46.7 Å². The zero-order chi connectivity index (χ0) is 35.4. The maximum Gasteiger partial charge on any atom is 0.354 e. The highest BCUT2D eigenvalue weighted by Gasteiger charge is 2.33. The lowest BCUT2D eigenvalue weighted by Gasteiger charge is -2.43. The smallest absolute Gasteiger partial charge is 0.354 e. The molecule has 4 aromatic rings. The lowest BCUT2D eigenvalue weighted by Crippen LogP contribution is -2.44. The van der Waals surface area contributed by atoms with E-state index in [0.717, 1.165) is 44.1 Å². The van der Waals surface area contributed by atoms with Crippen LogP contribution in [-0.2, 0) is 6.42 Å². The van der Waals surface area contributed by atoms with E-state index in [9.17, 15) is 9.18 Å². The van der Waals surface area contributed by atoms with Crippen LogP contribution in [0.4, 0.5) is 13.2 Å². The molecular weight excluding hydrogens is 665 g/mol. The molecule has 0 spiro atoms. The number of H-pyrrole nitrogens is 1. The number of hydrogen-bond donors (Lipinski definition) is 5. The van der Waals surface area contributed by atoms with Gasteiger partial charge in [-0.3, -0.25) is 19.3 Å². The zero-order valence-electron chi connectivity index (χ0n) is 28.2. The third kappa shape index (κ3) is 8.25. The first-order chi connectivity index (χ1) is 24.2. The second kappa shape index (κ2) is 16.1. The first-order valence-corrected chi connectivity index (χ1v) is 18.0. The van der Waals surface area contributed by atoms with Crippen LogP contribution in [0.1, 0.15) is 75.0 Å². The Bertz CT molecular complexity index is 1880. The van der Waals surface area contributed by atoms with Gasteiger partial charge in [0.1, 0.15) is 17.3 Å². The molecule has 0 radical (unpaired) electrons. The summed E-state index contributed by atoms with van der Waals surface area (Å²) in [6.07, 6.45) is 10.0.